The smallest absolute Gasteiger partial charge is 0.257 e. The minimum atomic E-state index is -0.483. The first kappa shape index (κ1) is 15.6. The highest BCUT2D eigenvalue weighted by atomic mass is 19.1. The third kappa shape index (κ3) is 3.92. The highest BCUT2D eigenvalue weighted by Gasteiger charge is 2.10. The van der Waals surface area contributed by atoms with E-state index in [0.29, 0.717) is 17.8 Å². The highest BCUT2D eigenvalue weighted by molar-refractivity contribution is 6.04. The van der Waals surface area contributed by atoms with E-state index in [2.05, 4.69) is 20.6 Å². The number of benzene rings is 1. The van der Waals surface area contributed by atoms with Gasteiger partial charge in [0.2, 0.25) is 0 Å². The molecule has 24 heavy (non-hydrogen) atoms. The summed E-state index contributed by atoms with van der Waals surface area (Å²) in [6.45, 7) is 0.515. The van der Waals surface area contributed by atoms with Crippen LogP contribution in [0.5, 0.6) is 0 Å². The molecule has 0 atom stereocenters. The Morgan fingerprint density at radius 1 is 1.08 bits per heavy atom. The molecular formula is C18H15FN4O. The molecule has 5 nitrogen and oxygen atoms in total. The third-order valence-corrected chi connectivity index (χ3v) is 3.32. The number of carbonyl (C=O) groups is 1. The van der Waals surface area contributed by atoms with Gasteiger partial charge in [-0.05, 0) is 30.3 Å². The second kappa shape index (κ2) is 7.32. The van der Waals surface area contributed by atoms with Crippen LogP contribution in [0.2, 0.25) is 0 Å². The molecule has 0 saturated heterocycles. The van der Waals surface area contributed by atoms with E-state index in [0.717, 1.165) is 5.69 Å². The Balaban J connectivity index is 1.68. The minimum absolute atomic E-state index is 0.134. The zero-order valence-corrected chi connectivity index (χ0v) is 12.7. The Kier molecular flexibility index (Phi) is 4.76. The number of hydrogen-bond acceptors (Lipinski definition) is 4. The predicted molar refractivity (Wildman–Crippen MR) is 90.2 cm³/mol. The number of para-hydroxylation sites is 1. The van der Waals surface area contributed by atoms with Crippen molar-refractivity contribution in [2.75, 3.05) is 10.6 Å². The first-order chi connectivity index (χ1) is 11.7. The topological polar surface area (TPSA) is 66.9 Å². The molecule has 3 aromatic rings. The summed E-state index contributed by atoms with van der Waals surface area (Å²) in [7, 11) is 0. The molecule has 0 unspecified atom stereocenters. The van der Waals surface area contributed by atoms with Crippen molar-refractivity contribution in [2.24, 2.45) is 0 Å². The normalized spacial score (nSPS) is 10.2. The van der Waals surface area contributed by atoms with Gasteiger partial charge in [0, 0.05) is 18.6 Å². The quantitative estimate of drug-likeness (QED) is 0.755. The van der Waals surface area contributed by atoms with Gasteiger partial charge in [0.05, 0.1) is 29.2 Å². The van der Waals surface area contributed by atoms with Crippen molar-refractivity contribution in [2.45, 2.75) is 6.54 Å². The van der Waals surface area contributed by atoms with Crippen molar-refractivity contribution in [1.29, 1.82) is 0 Å². The van der Waals surface area contributed by atoms with Gasteiger partial charge in [0.25, 0.3) is 5.91 Å². The van der Waals surface area contributed by atoms with E-state index >= 15 is 0 Å². The molecule has 6 heteroatoms. The van der Waals surface area contributed by atoms with Gasteiger partial charge in [0.1, 0.15) is 5.82 Å². The molecular weight excluding hydrogens is 307 g/mol. The van der Waals surface area contributed by atoms with Crippen LogP contribution >= 0.6 is 0 Å². The molecule has 0 fully saturated rings. The van der Waals surface area contributed by atoms with Crippen molar-refractivity contribution in [1.82, 2.24) is 9.97 Å². The van der Waals surface area contributed by atoms with Crippen molar-refractivity contribution >= 4 is 17.3 Å². The average Bonchev–Trinajstić information content (AvgIpc) is 2.63. The summed E-state index contributed by atoms with van der Waals surface area (Å²) in [6, 6.07) is 13.3. The maximum atomic E-state index is 13.6. The van der Waals surface area contributed by atoms with Gasteiger partial charge in [-0.1, -0.05) is 18.2 Å². The van der Waals surface area contributed by atoms with Crippen LogP contribution in [0.15, 0.2) is 67.1 Å². The zero-order chi connectivity index (χ0) is 16.8. The lowest BCUT2D eigenvalue weighted by atomic mass is 10.2. The van der Waals surface area contributed by atoms with E-state index in [9.17, 15) is 9.18 Å². The number of amides is 1. The van der Waals surface area contributed by atoms with E-state index in [1.807, 2.05) is 18.2 Å². The van der Waals surface area contributed by atoms with Gasteiger partial charge in [-0.25, -0.2) is 4.39 Å². The van der Waals surface area contributed by atoms with Gasteiger partial charge < -0.3 is 10.6 Å². The molecule has 1 amide bonds. The lowest BCUT2D eigenvalue weighted by Crippen LogP contribution is -2.13. The second-order valence-electron chi connectivity index (χ2n) is 5.07. The third-order valence-electron chi connectivity index (χ3n) is 3.32. The lowest BCUT2D eigenvalue weighted by Gasteiger charge is -2.09. The summed E-state index contributed by atoms with van der Waals surface area (Å²) in [6.07, 6.45) is 4.76. The second-order valence-corrected chi connectivity index (χ2v) is 5.07. The molecule has 0 saturated carbocycles. The number of anilines is 2. The van der Waals surface area contributed by atoms with Crippen LogP contribution < -0.4 is 10.6 Å². The molecule has 0 radical (unpaired) electrons. The maximum Gasteiger partial charge on any atom is 0.257 e. The molecule has 2 aromatic heterocycles. The molecule has 0 spiro atoms. The first-order valence-corrected chi connectivity index (χ1v) is 7.37. The molecule has 2 heterocycles. The Bertz CT molecular complexity index is 839. The number of hydrogen-bond donors (Lipinski definition) is 2. The molecule has 120 valence electrons. The van der Waals surface area contributed by atoms with Gasteiger partial charge in [-0.2, -0.15) is 0 Å². The molecule has 1 aromatic carbocycles. The maximum absolute atomic E-state index is 13.6. The zero-order valence-electron chi connectivity index (χ0n) is 12.7. The fraction of sp³-hybridized carbons (Fsp3) is 0.0556. The number of aromatic nitrogens is 2. The highest BCUT2D eigenvalue weighted by Crippen LogP contribution is 2.15. The summed E-state index contributed by atoms with van der Waals surface area (Å²) in [5.74, 6) is -0.905. The Hall–Kier alpha value is -3.28. The van der Waals surface area contributed by atoms with Crippen molar-refractivity contribution < 1.29 is 9.18 Å². The van der Waals surface area contributed by atoms with E-state index in [4.69, 9.17) is 0 Å². The lowest BCUT2D eigenvalue weighted by molar-refractivity contribution is 0.102. The first-order valence-electron chi connectivity index (χ1n) is 7.37. The fourth-order valence-electron chi connectivity index (χ4n) is 2.11. The van der Waals surface area contributed by atoms with Crippen molar-refractivity contribution in [3.8, 4) is 0 Å². The van der Waals surface area contributed by atoms with Crippen LogP contribution in [0.1, 0.15) is 16.1 Å². The largest absolute Gasteiger partial charge is 0.378 e. The Morgan fingerprint density at radius 2 is 1.92 bits per heavy atom. The van der Waals surface area contributed by atoms with Crippen LogP contribution in [-0.4, -0.2) is 15.9 Å². The van der Waals surface area contributed by atoms with Crippen LogP contribution in [-0.2, 0) is 6.54 Å². The number of nitrogens with one attached hydrogen (secondary N) is 2. The van der Waals surface area contributed by atoms with E-state index in [1.54, 1.807) is 30.6 Å². The van der Waals surface area contributed by atoms with Crippen LogP contribution in [0.25, 0.3) is 0 Å². The summed E-state index contributed by atoms with van der Waals surface area (Å²) < 4.78 is 13.6. The van der Waals surface area contributed by atoms with Crippen LogP contribution in [0.3, 0.4) is 0 Å². The standard InChI is InChI=1S/C18H15FN4O/c19-16-6-1-2-7-17(16)23-18(24)13-9-15(11-20-10-13)22-12-14-5-3-4-8-21-14/h1-11,22H,12H2,(H,23,24). The summed E-state index contributed by atoms with van der Waals surface area (Å²) >= 11 is 0. The number of carbonyl (C=O) groups excluding carboxylic acids is 1. The van der Waals surface area contributed by atoms with Gasteiger partial charge in [-0.15, -0.1) is 0 Å². The van der Waals surface area contributed by atoms with Crippen LogP contribution in [0, 0.1) is 5.82 Å². The number of halogens is 1. The Labute approximate surface area is 138 Å². The molecule has 2 N–H and O–H groups in total. The molecule has 0 aliphatic heterocycles. The van der Waals surface area contributed by atoms with Gasteiger partial charge >= 0.3 is 0 Å². The number of pyridine rings is 2. The van der Waals surface area contributed by atoms with Crippen molar-refractivity contribution in [3.05, 3.63) is 84.2 Å². The van der Waals surface area contributed by atoms with E-state index in [-0.39, 0.29) is 5.69 Å². The fourth-order valence-corrected chi connectivity index (χ4v) is 2.11. The molecule has 0 bridgehead atoms. The Morgan fingerprint density at radius 3 is 2.71 bits per heavy atom. The SMILES string of the molecule is O=C(Nc1ccccc1F)c1cncc(NCc2ccccn2)c1. The summed E-state index contributed by atoms with van der Waals surface area (Å²) in [5, 5.41) is 5.69. The van der Waals surface area contributed by atoms with Crippen molar-refractivity contribution in [3.63, 3.8) is 0 Å². The van der Waals surface area contributed by atoms with Gasteiger partial charge in [-0.3, -0.25) is 14.8 Å². The monoisotopic (exact) mass is 322 g/mol. The molecule has 3 rings (SSSR count). The minimum Gasteiger partial charge on any atom is -0.378 e. The predicted octanol–water partition coefficient (Wildman–Crippen LogP) is 3.48. The van der Waals surface area contributed by atoms with Crippen LogP contribution in [0.4, 0.5) is 15.8 Å². The van der Waals surface area contributed by atoms with E-state index in [1.165, 1.54) is 18.3 Å². The molecule has 0 aliphatic rings. The summed E-state index contributed by atoms with van der Waals surface area (Å²) in [4.78, 5) is 20.5. The number of rotatable bonds is 5. The number of nitrogens with zero attached hydrogens (tertiary/aromatic N) is 2. The average molecular weight is 322 g/mol. The molecule has 0 aliphatic carbocycles. The van der Waals surface area contributed by atoms with E-state index < -0.39 is 11.7 Å². The van der Waals surface area contributed by atoms with Gasteiger partial charge in [0.15, 0.2) is 0 Å². The summed E-state index contributed by atoms with van der Waals surface area (Å²) in [5.41, 5.74) is 2.03.